The van der Waals surface area contributed by atoms with E-state index in [2.05, 4.69) is 0 Å². The average molecular weight is 296 g/mol. The van der Waals surface area contributed by atoms with Gasteiger partial charge in [-0.1, -0.05) is 19.8 Å². The summed E-state index contributed by atoms with van der Waals surface area (Å²) in [5.41, 5.74) is -0.624. The first-order valence-corrected chi connectivity index (χ1v) is 8.33. The third-order valence-corrected chi connectivity index (χ3v) is 5.47. The molecule has 1 saturated carbocycles. The van der Waals surface area contributed by atoms with Gasteiger partial charge in [0.15, 0.2) is 0 Å². The second-order valence-electron chi connectivity index (χ2n) is 6.43. The van der Waals surface area contributed by atoms with E-state index >= 15 is 0 Å². The molecule has 1 saturated heterocycles. The Hall–Kier alpha value is -1.26. The van der Waals surface area contributed by atoms with E-state index in [1.54, 1.807) is 0 Å². The molecular formula is C16H28N2O3. The van der Waals surface area contributed by atoms with Gasteiger partial charge in [0.25, 0.3) is 0 Å². The van der Waals surface area contributed by atoms with E-state index in [-0.39, 0.29) is 6.03 Å². The van der Waals surface area contributed by atoms with Gasteiger partial charge in [0.1, 0.15) is 0 Å². The molecule has 2 rings (SSSR count). The van der Waals surface area contributed by atoms with Gasteiger partial charge in [0, 0.05) is 25.7 Å². The maximum atomic E-state index is 12.7. The van der Waals surface area contributed by atoms with Crippen LogP contribution in [0.2, 0.25) is 0 Å². The fraction of sp³-hybridized carbons (Fsp3) is 0.875. The van der Waals surface area contributed by atoms with Gasteiger partial charge in [0.2, 0.25) is 0 Å². The van der Waals surface area contributed by atoms with Crippen LogP contribution in [0.5, 0.6) is 0 Å². The summed E-state index contributed by atoms with van der Waals surface area (Å²) in [4.78, 5) is 28.0. The Kier molecular flexibility index (Phi) is 5.12. The largest absolute Gasteiger partial charge is 0.481 e. The Balaban J connectivity index is 1.97. The van der Waals surface area contributed by atoms with Gasteiger partial charge in [-0.15, -0.1) is 0 Å². The fourth-order valence-electron chi connectivity index (χ4n) is 3.79. The number of aliphatic carboxylic acids is 1. The van der Waals surface area contributed by atoms with E-state index < -0.39 is 11.4 Å². The van der Waals surface area contributed by atoms with Crippen molar-refractivity contribution in [3.8, 4) is 0 Å². The van der Waals surface area contributed by atoms with E-state index in [0.717, 1.165) is 19.4 Å². The lowest BCUT2D eigenvalue weighted by molar-refractivity contribution is -0.152. The van der Waals surface area contributed by atoms with Gasteiger partial charge in [-0.3, -0.25) is 4.79 Å². The van der Waals surface area contributed by atoms with E-state index in [0.29, 0.717) is 38.4 Å². The fourth-order valence-corrected chi connectivity index (χ4v) is 3.79. The van der Waals surface area contributed by atoms with E-state index in [1.165, 1.54) is 12.8 Å². The van der Waals surface area contributed by atoms with Gasteiger partial charge in [0.05, 0.1) is 5.41 Å². The van der Waals surface area contributed by atoms with Crippen molar-refractivity contribution in [2.24, 2.45) is 5.41 Å². The van der Waals surface area contributed by atoms with Crippen molar-refractivity contribution in [1.82, 2.24) is 9.80 Å². The van der Waals surface area contributed by atoms with Crippen molar-refractivity contribution in [2.45, 2.75) is 64.8 Å². The standard InChI is InChI=1S/C16H28N2O3/c1-3-16(14(19)20)9-11-17(12-10-16)15(21)18(4-2)13-7-5-6-8-13/h13H,3-12H2,1-2H3,(H,19,20). The number of carboxylic acids is 1. The van der Waals surface area contributed by atoms with E-state index in [1.807, 2.05) is 23.6 Å². The van der Waals surface area contributed by atoms with Gasteiger partial charge >= 0.3 is 12.0 Å². The van der Waals surface area contributed by atoms with Gasteiger partial charge in [-0.05, 0) is 39.0 Å². The number of hydrogen-bond donors (Lipinski definition) is 1. The molecule has 1 heterocycles. The summed E-state index contributed by atoms with van der Waals surface area (Å²) < 4.78 is 0. The SMILES string of the molecule is CCN(C(=O)N1CCC(CC)(C(=O)O)CC1)C1CCCC1. The van der Waals surface area contributed by atoms with Crippen molar-refractivity contribution in [3.05, 3.63) is 0 Å². The smallest absolute Gasteiger partial charge is 0.320 e. The number of nitrogens with zero attached hydrogens (tertiary/aromatic N) is 2. The third kappa shape index (κ3) is 3.16. The highest BCUT2D eigenvalue weighted by Crippen LogP contribution is 2.35. The molecule has 0 spiro atoms. The minimum absolute atomic E-state index is 0.111. The number of carbonyl (C=O) groups is 2. The number of urea groups is 1. The first-order valence-electron chi connectivity index (χ1n) is 8.33. The molecule has 0 aromatic rings. The summed E-state index contributed by atoms with van der Waals surface area (Å²) in [5, 5.41) is 9.43. The van der Waals surface area contributed by atoms with Crippen LogP contribution in [0.25, 0.3) is 0 Å². The number of hydrogen-bond acceptors (Lipinski definition) is 2. The van der Waals surface area contributed by atoms with Crippen molar-refractivity contribution in [3.63, 3.8) is 0 Å². The number of likely N-dealkylation sites (tertiary alicyclic amines) is 1. The lowest BCUT2D eigenvalue weighted by Crippen LogP contribution is -2.52. The van der Waals surface area contributed by atoms with Gasteiger partial charge < -0.3 is 14.9 Å². The van der Waals surface area contributed by atoms with Crippen LogP contribution < -0.4 is 0 Å². The molecule has 1 N–H and O–H groups in total. The van der Waals surface area contributed by atoms with Crippen LogP contribution in [0.15, 0.2) is 0 Å². The van der Waals surface area contributed by atoms with Crippen molar-refractivity contribution in [2.75, 3.05) is 19.6 Å². The van der Waals surface area contributed by atoms with Crippen molar-refractivity contribution >= 4 is 12.0 Å². The lowest BCUT2D eigenvalue weighted by Gasteiger charge is -2.41. The molecule has 1 aliphatic heterocycles. The molecule has 21 heavy (non-hydrogen) atoms. The quantitative estimate of drug-likeness (QED) is 0.867. The zero-order valence-corrected chi connectivity index (χ0v) is 13.3. The Morgan fingerprint density at radius 3 is 2.19 bits per heavy atom. The molecular weight excluding hydrogens is 268 g/mol. The molecule has 120 valence electrons. The highest BCUT2D eigenvalue weighted by atomic mass is 16.4. The molecule has 1 aliphatic carbocycles. The predicted octanol–water partition coefficient (Wildman–Crippen LogP) is 2.95. The molecule has 5 nitrogen and oxygen atoms in total. The normalized spacial score (nSPS) is 22.3. The highest BCUT2D eigenvalue weighted by Gasteiger charge is 2.41. The van der Waals surface area contributed by atoms with Crippen LogP contribution in [0.1, 0.15) is 58.8 Å². The zero-order chi connectivity index (χ0) is 15.5. The monoisotopic (exact) mass is 296 g/mol. The Labute approximate surface area is 127 Å². The lowest BCUT2D eigenvalue weighted by atomic mass is 9.76. The summed E-state index contributed by atoms with van der Waals surface area (Å²) in [6.45, 7) is 5.86. The number of piperidine rings is 1. The summed E-state index contributed by atoms with van der Waals surface area (Å²) in [6.07, 6.45) is 6.45. The maximum Gasteiger partial charge on any atom is 0.320 e. The Morgan fingerprint density at radius 1 is 1.19 bits per heavy atom. The van der Waals surface area contributed by atoms with Crippen molar-refractivity contribution in [1.29, 1.82) is 0 Å². The molecule has 0 atom stereocenters. The summed E-state index contributed by atoms with van der Waals surface area (Å²) >= 11 is 0. The van der Waals surface area contributed by atoms with Crippen LogP contribution in [0.3, 0.4) is 0 Å². The number of amides is 2. The van der Waals surface area contributed by atoms with E-state index in [4.69, 9.17) is 0 Å². The summed E-state index contributed by atoms with van der Waals surface area (Å²) in [5.74, 6) is -0.708. The first kappa shape index (κ1) is 16.1. The number of carboxylic acid groups (broad SMARTS) is 1. The average Bonchev–Trinajstić information content (AvgIpc) is 3.02. The van der Waals surface area contributed by atoms with Gasteiger partial charge in [-0.25, -0.2) is 4.79 Å². The molecule has 2 fully saturated rings. The van der Waals surface area contributed by atoms with E-state index in [9.17, 15) is 14.7 Å². The molecule has 2 aliphatic rings. The molecule has 0 bridgehead atoms. The predicted molar refractivity (Wildman–Crippen MR) is 81.2 cm³/mol. The molecule has 0 aromatic carbocycles. The van der Waals surface area contributed by atoms with Crippen LogP contribution in [-0.4, -0.2) is 52.6 Å². The van der Waals surface area contributed by atoms with Gasteiger partial charge in [-0.2, -0.15) is 0 Å². The van der Waals surface area contributed by atoms with Crippen LogP contribution >= 0.6 is 0 Å². The highest BCUT2D eigenvalue weighted by molar-refractivity contribution is 5.77. The van der Waals surface area contributed by atoms with Crippen molar-refractivity contribution < 1.29 is 14.7 Å². The summed E-state index contributed by atoms with van der Waals surface area (Å²) in [7, 11) is 0. The minimum atomic E-state index is -0.708. The number of rotatable bonds is 4. The third-order valence-electron chi connectivity index (χ3n) is 5.47. The Bertz CT molecular complexity index is 383. The Morgan fingerprint density at radius 2 is 1.76 bits per heavy atom. The summed E-state index contributed by atoms with van der Waals surface area (Å²) in [6, 6.07) is 0.499. The second kappa shape index (κ2) is 6.67. The molecule has 0 radical (unpaired) electrons. The zero-order valence-electron chi connectivity index (χ0n) is 13.3. The molecule has 0 aromatic heterocycles. The second-order valence-corrected chi connectivity index (χ2v) is 6.43. The first-order chi connectivity index (χ1) is 10.0. The number of carbonyl (C=O) groups excluding carboxylic acids is 1. The maximum absolute atomic E-state index is 12.7. The van der Waals surface area contributed by atoms with Crippen LogP contribution in [0, 0.1) is 5.41 Å². The molecule has 0 unspecified atom stereocenters. The van der Waals surface area contributed by atoms with Crippen LogP contribution in [-0.2, 0) is 4.79 Å². The topological polar surface area (TPSA) is 60.9 Å². The minimum Gasteiger partial charge on any atom is -0.481 e. The molecule has 5 heteroatoms. The van der Waals surface area contributed by atoms with Crippen LogP contribution in [0.4, 0.5) is 4.79 Å². The molecule has 2 amide bonds.